The predicted molar refractivity (Wildman–Crippen MR) is 199 cm³/mol. The standard InChI is InChI=1S/C42H62O16/c1-37(2)21-8-11-42(7)31(20(43)16-18-19-17-39(4,36(53)54)13-12-38(19,3)14-15-41(18,42)6)40(21,5)10-9-22(37)55-35-30(26(47)25(46)29(57-35)33(51)52)58-34-27(48)23(44)24(45)28(56-34)32(49)50/h16,19,21-31,34-35,44-48H,8-15,17H2,1-7H3,(H,49,50)(H,51,52)(H,53,54)/t19-,21-,22?,23?,24?,25?,26?,27?,28?,29?,30?,31+,34-,35-,38+,39-,40+,41+,42+/m0/s1. The van der Waals surface area contributed by atoms with Crippen LogP contribution in [0.3, 0.4) is 0 Å². The fourth-order valence-corrected chi connectivity index (χ4v) is 13.4. The van der Waals surface area contributed by atoms with Crippen molar-refractivity contribution in [2.45, 2.75) is 174 Å². The Bertz CT molecular complexity index is 1730. The molecule has 19 atom stereocenters. The fourth-order valence-electron chi connectivity index (χ4n) is 13.4. The van der Waals surface area contributed by atoms with Crippen molar-refractivity contribution in [3.05, 3.63) is 11.6 Å². The Labute approximate surface area is 337 Å². The highest BCUT2D eigenvalue weighted by Crippen LogP contribution is 2.75. The van der Waals surface area contributed by atoms with E-state index in [1.54, 1.807) is 0 Å². The molecule has 4 saturated carbocycles. The number of carboxylic acids is 3. The van der Waals surface area contributed by atoms with Crippen LogP contribution in [0.5, 0.6) is 0 Å². The zero-order valence-electron chi connectivity index (χ0n) is 34.4. The van der Waals surface area contributed by atoms with Gasteiger partial charge in [-0.05, 0) is 110 Å². The van der Waals surface area contributed by atoms with Crippen LogP contribution < -0.4 is 0 Å². The number of ketones is 1. The Balaban J connectivity index is 1.17. The molecule has 2 heterocycles. The molecule has 0 aromatic rings. The summed E-state index contributed by atoms with van der Waals surface area (Å²) in [6.45, 7) is 14.8. The van der Waals surface area contributed by atoms with Crippen LogP contribution in [0.4, 0.5) is 0 Å². The van der Waals surface area contributed by atoms with E-state index < -0.39 is 107 Å². The van der Waals surface area contributed by atoms with E-state index in [1.165, 1.54) is 0 Å². The summed E-state index contributed by atoms with van der Waals surface area (Å²) >= 11 is 0. The number of carbonyl (C=O) groups is 4. The molecule has 6 fully saturated rings. The zero-order chi connectivity index (χ0) is 42.9. The minimum atomic E-state index is -2.05. The number of fused-ring (bicyclic) bond motifs is 7. The first-order valence-electron chi connectivity index (χ1n) is 20.7. The smallest absolute Gasteiger partial charge is 0.335 e. The molecule has 326 valence electrons. The molecule has 7 rings (SSSR count). The van der Waals surface area contributed by atoms with Gasteiger partial charge in [0.2, 0.25) is 0 Å². The van der Waals surface area contributed by atoms with Gasteiger partial charge in [0.1, 0.15) is 36.6 Å². The number of aliphatic hydroxyl groups is 5. The summed E-state index contributed by atoms with van der Waals surface area (Å²) in [4.78, 5) is 51.3. The molecule has 2 aliphatic heterocycles. The van der Waals surface area contributed by atoms with Gasteiger partial charge in [-0.2, -0.15) is 0 Å². The molecule has 7 aliphatic rings. The van der Waals surface area contributed by atoms with Crippen LogP contribution >= 0.6 is 0 Å². The number of carbonyl (C=O) groups excluding carboxylic acids is 1. The number of carboxylic acid groups (broad SMARTS) is 3. The molecule has 2 saturated heterocycles. The van der Waals surface area contributed by atoms with Gasteiger partial charge in [-0.3, -0.25) is 9.59 Å². The predicted octanol–water partition coefficient (Wildman–Crippen LogP) is 2.25. The lowest BCUT2D eigenvalue weighted by molar-refractivity contribution is -0.371. The molecule has 0 bridgehead atoms. The van der Waals surface area contributed by atoms with E-state index in [-0.39, 0.29) is 34.4 Å². The molecule has 0 radical (unpaired) electrons. The van der Waals surface area contributed by atoms with E-state index in [4.69, 9.17) is 18.9 Å². The molecule has 0 amide bonds. The molecule has 0 aromatic heterocycles. The van der Waals surface area contributed by atoms with Gasteiger partial charge in [-0.15, -0.1) is 0 Å². The van der Waals surface area contributed by atoms with Crippen molar-refractivity contribution in [1.82, 2.24) is 0 Å². The van der Waals surface area contributed by atoms with Crippen LogP contribution in [0.15, 0.2) is 11.6 Å². The first-order chi connectivity index (χ1) is 26.8. The highest BCUT2D eigenvalue weighted by molar-refractivity contribution is 5.95. The lowest BCUT2D eigenvalue weighted by Crippen LogP contribution is -2.68. The number of hydrogen-bond donors (Lipinski definition) is 8. The molecule has 58 heavy (non-hydrogen) atoms. The average Bonchev–Trinajstić information content (AvgIpc) is 3.13. The maximum Gasteiger partial charge on any atom is 0.335 e. The number of aliphatic carboxylic acids is 3. The van der Waals surface area contributed by atoms with Crippen molar-refractivity contribution in [3.63, 3.8) is 0 Å². The molecule has 16 heteroatoms. The van der Waals surface area contributed by atoms with Gasteiger partial charge in [0.05, 0.1) is 11.5 Å². The number of hydrogen-bond acceptors (Lipinski definition) is 13. The molecule has 8 N–H and O–H groups in total. The maximum absolute atomic E-state index is 14.8. The molecule has 0 spiro atoms. The topological polar surface area (TPSA) is 267 Å². The zero-order valence-corrected chi connectivity index (χ0v) is 34.4. The van der Waals surface area contributed by atoms with Gasteiger partial charge in [0.25, 0.3) is 0 Å². The second-order valence-electron chi connectivity index (χ2n) is 20.6. The Morgan fingerprint density at radius 1 is 0.690 bits per heavy atom. The third-order valence-corrected chi connectivity index (χ3v) is 17.2. The summed E-state index contributed by atoms with van der Waals surface area (Å²) < 4.78 is 23.4. The highest BCUT2D eigenvalue weighted by atomic mass is 16.8. The molecular formula is C42H62O16. The van der Waals surface area contributed by atoms with Gasteiger partial charge in [0, 0.05) is 5.92 Å². The Morgan fingerprint density at radius 3 is 1.88 bits per heavy atom. The average molecular weight is 823 g/mol. The lowest BCUT2D eigenvalue weighted by atomic mass is 9.33. The largest absolute Gasteiger partial charge is 0.481 e. The lowest BCUT2D eigenvalue weighted by Gasteiger charge is -2.70. The third-order valence-electron chi connectivity index (χ3n) is 17.2. The second kappa shape index (κ2) is 14.3. The number of ether oxygens (including phenoxy) is 4. The Kier molecular flexibility index (Phi) is 10.7. The Morgan fingerprint density at radius 2 is 1.28 bits per heavy atom. The summed E-state index contributed by atoms with van der Waals surface area (Å²) in [5.41, 5.74) is -1.81. The van der Waals surface area contributed by atoms with Crippen molar-refractivity contribution >= 4 is 23.7 Å². The van der Waals surface area contributed by atoms with Crippen LogP contribution in [0.1, 0.15) is 106 Å². The van der Waals surface area contributed by atoms with E-state index in [9.17, 15) is 60.0 Å². The van der Waals surface area contributed by atoms with Gasteiger partial charge in [-0.25, -0.2) is 9.59 Å². The van der Waals surface area contributed by atoms with Crippen molar-refractivity contribution < 1.29 is 79.0 Å². The number of allylic oxidation sites excluding steroid dienone is 2. The van der Waals surface area contributed by atoms with Crippen LogP contribution in [0.25, 0.3) is 0 Å². The minimum Gasteiger partial charge on any atom is -0.481 e. The fraction of sp³-hybridized carbons (Fsp3) is 0.857. The van der Waals surface area contributed by atoms with E-state index in [2.05, 4.69) is 27.7 Å². The third kappa shape index (κ3) is 6.25. The molecule has 5 aliphatic carbocycles. The van der Waals surface area contributed by atoms with E-state index in [0.717, 1.165) is 37.7 Å². The van der Waals surface area contributed by atoms with E-state index >= 15 is 0 Å². The molecule has 0 aromatic carbocycles. The van der Waals surface area contributed by atoms with E-state index in [1.807, 2.05) is 26.8 Å². The van der Waals surface area contributed by atoms with Gasteiger partial charge in [-0.1, -0.05) is 47.1 Å². The summed E-state index contributed by atoms with van der Waals surface area (Å²) in [6.07, 6.45) is -12.2. The van der Waals surface area contributed by atoms with Crippen LogP contribution in [0, 0.1) is 50.2 Å². The van der Waals surface area contributed by atoms with Crippen molar-refractivity contribution in [2.75, 3.05) is 0 Å². The summed E-state index contributed by atoms with van der Waals surface area (Å²) in [6, 6.07) is 0. The van der Waals surface area contributed by atoms with E-state index in [0.29, 0.717) is 25.7 Å². The summed E-state index contributed by atoms with van der Waals surface area (Å²) in [5.74, 6) is -4.47. The maximum atomic E-state index is 14.8. The highest BCUT2D eigenvalue weighted by Gasteiger charge is 2.71. The van der Waals surface area contributed by atoms with Gasteiger partial charge in [0.15, 0.2) is 30.6 Å². The van der Waals surface area contributed by atoms with Gasteiger partial charge >= 0.3 is 17.9 Å². The van der Waals surface area contributed by atoms with Crippen molar-refractivity contribution in [1.29, 1.82) is 0 Å². The van der Waals surface area contributed by atoms with Crippen LogP contribution in [-0.2, 0) is 38.1 Å². The SMILES string of the molecule is CC1(C)C(O[C@H]2OC(C(=O)O)C(O)C(O)C2O[C@@H]2OC(C(=O)O)C(O)C(O)C2O)CC[C@@]2(C)[C@H]3C(=O)C=C4[C@@H]5C[C@@](C)(C(=O)O)CC[C@]5(C)CC[C@@]4(C)[C@]3(C)CC[C@@H]12. The summed E-state index contributed by atoms with van der Waals surface area (Å²) in [7, 11) is 0. The van der Waals surface area contributed by atoms with Gasteiger partial charge < -0.3 is 59.8 Å². The quantitative estimate of drug-likeness (QED) is 0.171. The van der Waals surface area contributed by atoms with Crippen molar-refractivity contribution in [3.8, 4) is 0 Å². The molecule has 9 unspecified atom stereocenters. The Hall–Kier alpha value is -2.54. The van der Waals surface area contributed by atoms with Crippen LogP contribution in [0.2, 0.25) is 0 Å². The van der Waals surface area contributed by atoms with Crippen LogP contribution in [-0.4, -0.2) is 132 Å². The first kappa shape index (κ1) is 43.5. The molecular weight excluding hydrogens is 760 g/mol. The first-order valence-corrected chi connectivity index (χ1v) is 20.7. The number of rotatable bonds is 7. The second-order valence-corrected chi connectivity index (χ2v) is 20.6. The monoisotopic (exact) mass is 822 g/mol. The van der Waals surface area contributed by atoms with Crippen molar-refractivity contribution in [2.24, 2.45) is 50.2 Å². The normalized spacial score (nSPS) is 52.6. The number of aliphatic hydroxyl groups excluding tert-OH is 5. The minimum absolute atomic E-state index is 0.0217. The molecule has 16 nitrogen and oxygen atoms in total. The summed E-state index contributed by atoms with van der Waals surface area (Å²) in [5, 5.41) is 83.0.